The van der Waals surface area contributed by atoms with Gasteiger partial charge in [-0.1, -0.05) is 12.8 Å². The molecule has 0 saturated heterocycles. The molecule has 1 aliphatic carbocycles. The largest absolute Gasteiger partial charge is 0.478 e. The summed E-state index contributed by atoms with van der Waals surface area (Å²) in [5, 5.41) is 3.37. The third-order valence-electron chi connectivity index (χ3n) is 3.83. The average molecular weight is 278 g/mol. The summed E-state index contributed by atoms with van der Waals surface area (Å²) in [6.07, 6.45) is 5.45. The Morgan fingerprint density at radius 3 is 2.80 bits per heavy atom. The lowest BCUT2D eigenvalue weighted by Crippen LogP contribution is -2.33. The molecule has 0 aromatic carbocycles. The molecule has 1 aromatic rings. The first-order valence-electron chi connectivity index (χ1n) is 7.61. The van der Waals surface area contributed by atoms with E-state index >= 15 is 0 Å². The standard InChI is InChI=1S/C15H26N4O/c1-4-20-15-11-14(17-12(2)18-15)16-9-10-19(3)13-7-5-6-8-13/h11,13H,4-10H2,1-3H3,(H,16,17,18). The van der Waals surface area contributed by atoms with Crippen LogP contribution in [0, 0.1) is 6.92 Å². The van der Waals surface area contributed by atoms with Crippen LogP contribution in [0.25, 0.3) is 0 Å². The van der Waals surface area contributed by atoms with Gasteiger partial charge in [0, 0.05) is 25.2 Å². The zero-order valence-electron chi connectivity index (χ0n) is 12.9. The highest BCUT2D eigenvalue weighted by molar-refractivity contribution is 5.38. The van der Waals surface area contributed by atoms with Gasteiger partial charge < -0.3 is 15.0 Å². The van der Waals surface area contributed by atoms with E-state index in [0.717, 1.165) is 30.8 Å². The Kier molecular flexibility index (Phi) is 5.59. The first kappa shape index (κ1) is 15.0. The van der Waals surface area contributed by atoms with Gasteiger partial charge in [0.25, 0.3) is 0 Å². The van der Waals surface area contributed by atoms with Gasteiger partial charge in [-0.05, 0) is 33.7 Å². The normalized spacial score (nSPS) is 15.8. The summed E-state index contributed by atoms with van der Waals surface area (Å²) in [7, 11) is 2.22. The minimum absolute atomic E-state index is 0.625. The molecule has 5 nitrogen and oxygen atoms in total. The molecule has 2 rings (SSSR count). The number of rotatable bonds is 7. The van der Waals surface area contributed by atoms with Gasteiger partial charge >= 0.3 is 0 Å². The van der Waals surface area contributed by atoms with Crippen LogP contribution in [0.1, 0.15) is 38.4 Å². The SMILES string of the molecule is CCOc1cc(NCCN(C)C2CCCC2)nc(C)n1. The number of ether oxygens (including phenoxy) is 1. The van der Waals surface area contributed by atoms with Crippen LogP contribution in [0.5, 0.6) is 5.88 Å². The van der Waals surface area contributed by atoms with Crippen LogP contribution in [0.3, 0.4) is 0 Å². The predicted molar refractivity (Wildman–Crippen MR) is 81.3 cm³/mol. The van der Waals surface area contributed by atoms with E-state index in [4.69, 9.17) is 4.74 Å². The third kappa shape index (κ3) is 4.34. The van der Waals surface area contributed by atoms with Gasteiger partial charge in [0.05, 0.1) is 6.61 Å². The van der Waals surface area contributed by atoms with Gasteiger partial charge in [-0.15, -0.1) is 0 Å². The average Bonchev–Trinajstić information content (AvgIpc) is 2.92. The van der Waals surface area contributed by atoms with Crippen LogP contribution in [0.4, 0.5) is 5.82 Å². The van der Waals surface area contributed by atoms with E-state index in [0.29, 0.717) is 12.5 Å². The van der Waals surface area contributed by atoms with E-state index in [2.05, 4.69) is 27.2 Å². The van der Waals surface area contributed by atoms with Crippen molar-refractivity contribution in [1.82, 2.24) is 14.9 Å². The van der Waals surface area contributed by atoms with E-state index in [1.807, 2.05) is 19.9 Å². The van der Waals surface area contributed by atoms with Gasteiger partial charge in [0.15, 0.2) is 0 Å². The summed E-state index contributed by atoms with van der Waals surface area (Å²) in [5.74, 6) is 2.23. The first-order valence-corrected chi connectivity index (χ1v) is 7.61. The highest BCUT2D eigenvalue weighted by atomic mass is 16.5. The zero-order valence-corrected chi connectivity index (χ0v) is 12.9. The number of nitrogens with zero attached hydrogens (tertiary/aromatic N) is 3. The molecule has 0 bridgehead atoms. The minimum Gasteiger partial charge on any atom is -0.478 e. The summed E-state index contributed by atoms with van der Waals surface area (Å²) < 4.78 is 5.43. The van der Waals surface area contributed by atoms with E-state index in [-0.39, 0.29) is 0 Å². The molecule has 112 valence electrons. The number of aromatic nitrogens is 2. The maximum Gasteiger partial charge on any atom is 0.218 e. The van der Waals surface area contributed by atoms with E-state index in [1.54, 1.807) is 0 Å². The summed E-state index contributed by atoms with van der Waals surface area (Å²) in [6, 6.07) is 2.63. The number of hydrogen-bond donors (Lipinski definition) is 1. The second kappa shape index (κ2) is 7.43. The molecule has 1 heterocycles. The Morgan fingerprint density at radius 1 is 1.35 bits per heavy atom. The molecule has 1 aromatic heterocycles. The van der Waals surface area contributed by atoms with Crippen molar-refractivity contribution in [3.05, 3.63) is 11.9 Å². The molecule has 0 radical (unpaired) electrons. The van der Waals surface area contributed by atoms with Crippen LogP contribution < -0.4 is 10.1 Å². The summed E-state index contributed by atoms with van der Waals surface area (Å²) in [5.41, 5.74) is 0. The molecule has 0 amide bonds. The molecule has 0 atom stereocenters. The Balaban J connectivity index is 1.80. The molecular formula is C15H26N4O. The fourth-order valence-corrected chi connectivity index (χ4v) is 2.74. The molecule has 0 spiro atoms. The predicted octanol–water partition coefficient (Wildman–Crippen LogP) is 2.47. The fourth-order valence-electron chi connectivity index (χ4n) is 2.74. The zero-order chi connectivity index (χ0) is 14.4. The molecule has 1 N–H and O–H groups in total. The highest BCUT2D eigenvalue weighted by Gasteiger charge is 2.18. The van der Waals surface area contributed by atoms with Gasteiger partial charge in [-0.2, -0.15) is 4.98 Å². The molecule has 5 heteroatoms. The number of hydrogen-bond acceptors (Lipinski definition) is 5. The van der Waals surface area contributed by atoms with Crippen molar-refractivity contribution in [3.8, 4) is 5.88 Å². The van der Waals surface area contributed by atoms with Gasteiger partial charge in [0.2, 0.25) is 5.88 Å². The van der Waals surface area contributed by atoms with E-state index in [1.165, 1.54) is 25.7 Å². The van der Waals surface area contributed by atoms with Crippen molar-refractivity contribution in [2.45, 2.75) is 45.6 Å². The van der Waals surface area contributed by atoms with Crippen molar-refractivity contribution in [3.63, 3.8) is 0 Å². The molecule has 20 heavy (non-hydrogen) atoms. The van der Waals surface area contributed by atoms with Crippen LogP contribution in [-0.4, -0.2) is 47.7 Å². The minimum atomic E-state index is 0.625. The summed E-state index contributed by atoms with van der Waals surface area (Å²) in [4.78, 5) is 11.1. The number of aryl methyl sites for hydroxylation is 1. The lowest BCUT2D eigenvalue weighted by molar-refractivity contribution is 0.254. The second-order valence-corrected chi connectivity index (χ2v) is 5.42. The van der Waals surface area contributed by atoms with Crippen LogP contribution in [-0.2, 0) is 0 Å². The third-order valence-corrected chi connectivity index (χ3v) is 3.83. The molecule has 1 fully saturated rings. The quantitative estimate of drug-likeness (QED) is 0.830. The van der Waals surface area contributed by atoms with Gasteiger partial charge in [-0.25, -0.2) is 4.98 Å². The molecule has 1 aliphatic rings. The van der Waals surface area contributed by atoms with E-state index in [9.17, 15) is 0 Å². The Labute approximate surface area is 121 Å². The fraction of sp³-hybridized carbons (Fsp3) is 0.733. The summed E-state index contributed by atoms with van der Waals surface area (Å²) in [6.45, 7) is 6.41. The van der Waals surface area contributed by atoms with Crippen molar-refractivity contribution in [2.24, 2.45) is 0 Å². The maximum absolute atomic E-state index is 5.43. The lowest BCUT2D eigenvalue weighted by Gasteiger charge is -2.24. The second-order valence-electron chi connectivity index (χ2n) is 5.42. The van der Waals surface area contributed by atoms with Crippen LogP contribution in [0.2, 0.25) is 0 Å². The maximum atomic E-state index is 5.43. The monoisotopic (exact) mass is 278 g/mol. The molecule has 0 aliphatic heterocycles. The lowest BCUT2D eigenvalue weighted by atomic mass is 10.2. The highest BCUT2D eigenvalue weighted by Crippen LogP contribution is 2.22. The summed E-state index contributed by atoms with van der Waals surface area (Å²) >= 11 is 0. The van der Waals surface area contributed by atoms with Crippen LogP contribution in [0.15, 0.2) is 6.07 Å². The van der Waals surface area contributed by atoms with Crippen molar-refractivity contribution in [2.75, 3.05) is 32.1 Å². The Bertz CT molecular complexity index is 418. The van der Waals surface area contributed by atoms with Crippen molar-refractivity contribution in [1.29, 1.82) is 0 Å². The number of nitrogens with one attached hydrogen (secondary N) is 1. The van der Waals surface area contributed by atoms with Gasteiger partial charge in [-0.3, -0.25) is 0 Å². The smallest absolute Gasteiger partial charge is 0.218 e. The molecule has 0 unspecified atom stereocenters. The van der Waals surface area contributed by atoms with Crippen molar-refractivity contribution < 1.29 is 4.74 Å². The topological polar surface area (TPSA) is 50.3 Å². The Hall–Kier alpha value is -1.36. The number of anilines is 1. The van der Waals surface area contributed by atoms with Gasteiger partial charge in [0.1, 0.15) is 11.6 Å². The Morgan fingerprint density at radius 2 is 2.10 bits per heavy atom. The molecular weight excluding hydrogens is 252 g/mol. The first-order chi connectivity index (χ1) is 9.69. The number of likely N-dealkylation sites (N-methyl/N-ethyl adjacent to an activating group) is 1. The van der Waals surface area contributed by atoms with Crippen LogP contribution >= 0.6 is 0 Å². The molecule has 1 saturated carbocycles. The van der Waals surface area contributed by atoms with E-state index < -0.39 is 0 Å². The van der Waals surface area contributed by atoms with Crippen molar-refractivity contribution >= 4 is 5.82 Å².